The summed E-state index contributed by atoms with van der Waals surface area (Å²) in [5.41, 5.74) is 2.32. The predicted molar refractivity (Wildman–Crippen MR) is 71.8 cm³/mol. The zero-order valence-electron chi connectivity index (χ0n) is 11.5. The summed E-state index contributed by atoms with van der Waals surface area (Å²) in [6.07, 6.45) is 4.83. The average molecular weight is 277 g/mol. The van der Waals surface area contributed by atoms with Gasteiger partial charge in [0.05, 0.1) is 18.8 Å². The molecule has 1 aromatic heterocycles. The third-order valence-electron chi connectivity index (χ3n) is 4.02. The Morgan fingerprint density at radius 1 is 1.55 bits per heavy atom. The molecule has 2 aliphatic rings. The van der Waals surface area contributed by atoms with Gasteiger partial charge in [0.1, 0.15) is 6.04 Å². The number of rotatable bonds is 2. The molecule has 20 heavy (non-hydrogen) atoms. The fraction of sp³-hybridized carbons (Fsp3) is 0.615. The van der Waals surface area contributed by atoms with Gasteiger partial charge in [-0.2, -0.15) is 5.10 Å². The van der Waals surface area contributed by atoms with E-state index in [4.69, 9.17) is 0 Å². The normalized spacial score (nSPS) is 25.8. The summed E-state index contributed by atoms with van der Waals surface area (Å²) in [5, 5.41) is 13.0. The van der Waals surface area contributed by atoms with Gasteiger partial charge in [-0.3, -0.25) is 19.6 Å². The molecule has 1 saturated heterocycles. The molecule has 0 radical (unpaired) electrons. The molecule has 2 heterocycles. The second-order valence-electron chi connectivity index (χ2n) is 5.36. The lowest BCUT2D eigenvalue weighted by Gasteiger charge is -2.28. The first-order chi connectivity index (χ1) is 9.65. The Morgan fingerprint density at radius 3 is 3.15 bits per heavy atom. The number of aryl methyl sites for hydroxylation is 1. The molecule has 0 saturated carbocycles. The van der Waals surface area contributed by atoms with Gasteiger partial charge >= 0.3 is 0 Å². The van der Waals surface area contributed by atoms with Crippen molar-refractivity contribution in [3.05, 3.63) is 17.5 Å². The largest absolute Gasteiger partial charge is 0.353 e. The lowest BCUT2D eigenvalue weighted by molar-refractivity contribution is -0.127. The maximum absolute atomic E-state index is 12.2. The van der Waals surface area contributed by atoms with Crippen LogP contribution in [0.5, 0.6) is 0 Å². The smallest absolute Gasteiger partial charge is 0.239 e. The average Bonchev–Trinajstić information content (AvgIpc) is 2.82. The lowest BCUT2D eigenvalue weighted by atomic mass is 9.92. The molecule has 108 valence electrons. The standard InChI is InChI=1S/C13H19N5O2/c1-18-11-4-2-3-9(8(11)5-16-18)17-13(20)10-6-15-12(19)7-14-10/h5,9-10,14H,2-4,6-7H2,1H3,(H,15,19)(H,17,20). The van der Waals surface area contributed by atoms with E-state index in [9.17, 15) is 9.59 Å². The number of hydrogen-bond acceptors (Lipinski definition) is 4. The van der Waals surface area contributed by atoms with E-state index >= 15 is 0 Å². The van der Waals surface area contributed by atoms with Crippen molar-refractivity contribution in [3.8, 4) is 0 Å². The molecule has 2 amide bonds. The highest BCUT2D eigenvalue weighted by molar-refractivity contribution is 5.87. The first-order valence-electron chi connectivity index (χ1n) is 6.96. The number of aromatic nitrogens is 2. The van der Waals surface area contributed by atoms with Crippen molar-refractivity contribution in [3.63, 3.8) is 0 Å². The summed E-state index contributed by atoms with van der Waals surface area (Å²) >= 11 is 0. The number of carbonyl (C=O) groups is 2. The molecule has 1 fully saturated rings. The van der Waals surface area contributed by atoms with E-state index in [-0.39, 0.29) is 30.4 Å². The molecule has 3 N–H and O–H groups in total. The van der Waals surface area contributed by atoms with E-state index in [0.717, 1.165) is 24.8 Å². The van der Waals surface area contributed by atoms with Crippen LogP contribution in [0.3, 0.4) is 0 Å². The minimum Gasteiger partial charge on any atom is -0.353 e. The van der Waals surface area contributed by atoms with E-state index in [2.05, 4.69) is 21.0 Å². The van der Waals surface area contributed by atoms with Crippen molar-refractivity contribution in [1.29, 1.82) is 0 Å². The first-order valence-corrected chi connectivity index (χ1v) is 6.96. The van der Waals surface area contributed by atoms with Crippen molar-refractivity contribution >= 4 is 11.8 Å². The summed E-state index contributed by atoms with van der Waals surface area (Å²) in [5.74, 6) is -0.132. The van der Waals surface area contributed by atoms with Crippen molar-refractivity contribution < 1.29 is 9.59 Å². The number of nitrogens with one attached hydrogen (secondary N) is 3. The van der Waals surface area contributed by atoms with Gasteiger partial charge in [-0.15, -0.1) is 0 Å². The second-order valence-corrected chi connectivity index (χ2v) is 5.36. The Balaban J connectivity index is 1.66. The van der Waals surface area contributed by atoms with Gasteiger partial charge < -0.3 is 10.6 Å². The highest BCUT2D eigenvalue weighted by atomic mass is 16.2. The van der Waals surface area contributed by atoms with Crippen LogP contribution in [0.15, 0.2) is 6.20 Å². The van der Waals surface area contributed by atoms with Crippen LogP contribution in [0.2, 0.25) is 0 Å². The summed E-state index contributed by atoms with van der Waals surface area (Å²) in [6.45, 7) is 0.540. The maximum atomic E-state index is 12.2. The van der Waals surface area contributed by atoms with Crippen LogP contribution >= 0.6 is 0 Å². The Kier molecular flexibility index (Phi) is 3.43. The minimum absolute atomic E-state index is 0.0272. The summed E-state index contributed by atoms with van der Waals surface area (Å²) in [4.78, 5) is 23.3. The molecule has 1 aromatic rings. The van der Waals surface area contributed by atoms with Gasteiger partial charge in [0.2, 0.25) is 11.8 Å². The number of hydrogen-bond donors (Lipinski definition) is 3. The molecule has 2 atom stereocenters. The molecular formula is C13H19N5O2. The van der Waals surface area contributed by atoms with E-state index in [1.165, 1.54) is 5.69 Å². The Morgan fingerprint density at radius 2 is 2.40 bits per heavy atom. The number of piperazine rings is 1. The molecule has 1 aliphatic carbocycles. The molecule has 0 bridgehead atoms. The third kappa shape index (κ3) is 2.40. The predicted octanol–water partition coefficient (Wildman–Crippen LogP) is -0.998. The molecule has 2 unspecified atom stereocenters. The van der Waals surface area contributed by atoms with Crippen LogP contribution in [-0.2, 0) is 23.1 Å². The van der Waals surface area contributed by atoms with Gasteiger partial charge in [-0.1, -0.05) is 0 Å². The molecule has 7 nitrogen and oxygen atoms in total. The first kappa shape index (κ1) is 13.1. The van der Waals surface area contributed by atoms with Crippen LogP contribution in [0, 0.1) is 0 Å². The van der Waals surface area contributed by atoms with Gasteiger partial charge in [-0.05, 0) is 19.3 Å². The van der Waals surface area contributed by atoms with Crippen LogP contribution in [-0.4, -0.2) is 40.7 Å². The van der Waals surface area contributed by atoms with E-state index < -0.39 is 0 Å². The SMILES string of the molecule is Cn1ncc2c1CCCC2NC(=O)C1CNC(=O)CN1. The van der Waals surface area contributed by atoms with Gasteiger partial charge in [0, 0.05) is 24.8 Å². The number of carbonyl (C=O) groups excluding carboxylic acids is 2. The molecule has 3 rings (SSSR count). The lowest BCUT2D eigenvalue weighted by Crippen LogP contribution is -2.58. The zero-order chi connectivity index (χ0) is 14.1. The van der Waals surface area contributed by atoms with Crippen LogP contribution < -0.4 is 16.0 Å². The fourth-order valence-corrected chi connectivity index (χ4v) is 2.88. The second kappa shape index (κ2) is 5.24. The Hall–Kier alpha value is -1.89. The van der Waals surface area contributed by atoms with Gasteiger partial charge in [0.25, 0.3) is 0 Å². The van der Waals surface area contributed by atoms with Crippen molar-refractivity contribution in [2.75, 3.05) is 13.1 Å². The number of amides is 2. The monoisotopic (exact) mass is 277 g/mol. The summed E-state index contributed by atoms with van der Waals surface area (Å²) in [7, 11) is 1.93. The quantitative estimate of drug-likeness (QED) is 0.647. The molecule has 0 spiro atoms. The van der Waals surface area contributed by atoms with Crippen molar-refractivity contribution in [1.82, 2.24) is 25.7 Å². The summed E-state index contributed by atoms with van der Waals surface area (Å²) < 4.78 is 1.88. The fourth-order valence-electron chi connectivity index (χ4n) is 2.88. The van der Waals surface area contributed by atoms with Crippen LogP contribution in [0.25, 0.3) is 0 Å². The highest BCUT2D eigenvalue weighted by Gasteiger charge is 2.29. The van der Waals surface area contributed by atoms with Gasteiger partial charge in [-0.25, -0.2) is 0 Å². The van der Waals surface area contributed by atoms with E-state index in [0.29, 0.717) is 6.54 Å². The Bertz CT molecular complexity index is 529. The molecule has 7 heteroatoms. The number of fused-ring (bicyclic) bond motifs is 1. The number of nitrogens with zero attached hydrogens (tertiary/aromatic N) is 2. The van der Waals surface area contributed by atoms with Crippen LogP contribution in [0.4, 0.5) is 0 Å². The topological polar surface area (TPSA) is 88.1 Å². The zero-order valence-corrected chi connectivity index (χ0v) is 11.5. The third-order valence-corrected chi connectivity index (χ3v) is 4.02. The van der Waals surface area contributed by atoms with Crippen molar-refractivity contribution in [2.45, 2.75) is 31.3 Å². The highest BCUT2D eigenvalue weighted by Crippen LogP contribution is 2.29. The van der Waals surface area contributed by atoms with E-state index in [1.54, 1.807) is 0 Å². The van der Waals surface area contributed by atoms with Crippen molar-refractivity contribution in [2.24, 2.45) is 7.05 Å². The molecule has 0 aromatic carbocycles. The van der Waals surface area contributed by atoms with E-state index in [1.807, 2.05) is 17.9 Å². The summed E-state index contributed by atoms with van der Waals surface area (Å²) in [6, 6.07) is -0.325. The molecular weight excluding hydrogens is 258 g/mol. The van der Waals surface area contributed by atoms with Crippen LogP contribution in [0.1, 0.15) is 30.1 Å². The molecule has 1 aliphatic heterocycles. The maximum Gasteiger partial charge on any atom is 0.239 e. The Labute approximate surface area is 117 Å². The minimum atomic E-state index is -0.352. The van der Waals surface area contributed by atoms with Gasteiger partial charge in [0.15, 0.2) is 0 Å².